The fourth-order valence-corrected chi connectivity index (χ4v) is 4.86. The third-order valence-corrected chi connectivity index (χ3v) is 7.12. The van der Waals surface area contributed by atoms with Crippen molar-refractivity contribution in [1.29, 1.82) is 0 Å². The topological polar surface area (TPSA) is 129 Å². The Morgan fingerprint density at radius 2 is 1.77 bits per heavy atom. The van der Waals surface area contributed by atoms with Gasteiger partial charge in [-0.25, -0.2) is 0 Å². The monoisotopic (exact) mass is 545 g/mol. The predicted octanol–water partition coefficient (Wildman–Crippen LogP) is 0.850. The lowest BCUT2D eigenvalue weighted by atomic mass is 10.1. The van der Waals surface area contributed by atoms with E-state index in [0.717, 1.165) is 37.8 Å². The molecule has 216 valence electrons. The van der Waals surface area contributed by atoms with Crippen LogP contribution in [0.1, 0.15) is 51.0 Å². The van der Waals surface area contributed by atoms with Gasteiger partial charge in [-0.3, -0.25) is 19.2 Å². The highest BCUT2D eigenvalue weighted by Gasteiger charge is 2.26. The number of nitrogens with one attached hydrogen (secondary N) is 3. The summed E-state index contributed by atoms with van der Waals surface area (Å²) in [6.45, 7) is 4.38. The van der Waals surface area contributed by atoms with E-state index in [1.807, 2.05) is 11.0 Å². The summed E-state index contributed by atoms with van der Waals surface area (Å²) in [7, 11) is 3.23. The molecule has 2 aliphatic heterocycles. The standard InChI is InChI=1S/C28H43N5O6/c1-20-27(36)32(2)15-4-5-16-33(28(37)22-8-6-13-29-22)17-7-14-30-25(34)12-10-21-9-11-23(38-3)24(18-21)39-19-26(35)31-20/h9,11,18,20,22,29H,4-8,10,12-17,19H2,1-3H3,(H,30,34)(H,31,35)/t20-,22+/m0/s1. The number of carbonyl (C=O) groups is 4. The Hall–Kier alpha value is -3.34. The van der Waals surface area contributed by atoms with E-state index in [1.54, 1.807) is 31.0 Å². The van der Waals surface area contributed by atoms with Crippen LogP contribution in [0.5, 0.6) is 11.5 Å². The van der Waals surface area contributed by atoms with Crippen LogP contribution in [-0.4, -0.2) is 99.0 Å². The Balaban J connectivity index is 1.68. The van der Waals surface area contributed by atoms with E-state index < -0.39 is 11.9 Å². The molecule has 39 heavy (non-hydrogen) atoms. The number of methoxy groups -OCH3 is 1. The van der Waals surface area contributed by atoms with Gasteiger partial charge in [-0.1, -0.05) is 6.07 Å². The summed E-state index contributed by atoms with van der Waals surface area (Å²) in [6.07, 6.45) is 4.76. The summed E-state index contributed by atoms with van der Waals surface area (Å²) in [5.74, 6) is 0.293. The van der Waals surface area contributed by atoms with Crippen LogP contribution in [0, 0.1) is 0 Å². The van der Waals surface area contributed by atoms with Gasteiger partial charge < -0.3 is 35.2 Å². The molecule has 2 heterocycles. The minimum absolute atomic E-state index is 0.0631. The average Bonchev–Trinajstić information content (AvgIpc) is 3.48. The second-order valence-corrected chi connectivity index (χ2v) is 10.2. The van der Waals surface area contributed by atoms with E-state index in [9.17, 15) is 19.2 Å². The van der Waals surface area contributed by atoms with Crippen molar-refractivity contribution in [2.75, 3.05) is 53.5 Å². The first-order chi connectivity index (χ1) is 18.8. The van der Waals surface area contributed by atoms with E-state index in [1.165, 1.54) is 7.11 Å². The SMILES string of the molecule is COc1ccc2cc1OCC(=O)N[C@@H](C)C(=O)N(C)CCCCN(C(=O)[C@H]1CCCN1)CCCNC(=O)CC2. The molecule has 1 saturated heterocycles. The number of benzene rings is 1. The molecular weight excluding hydrogens is 502 g/mol. The first kappa shape index (κ1) is 30.2. The number of aryl methyl sites for hydroxylation is 1. The minimum atomic E-state index is -0.706. The molecule has 0 spiro atoms. The van der Waals surface area contributed by atoms with Gasteiger partial charge in [-0.2, -0.15) is 0 Å². The van der Waals surface area contributed by atoms with Crippen molar-refractivity contribution < 1.29 is 28.7 Å². The molecule has 0 aliphatic carbocycles. The summed E-state index contributed by atoms with van der Waals surface area (Å²) < 4.78 is 11.0. The van der Waals surface area contributed by atoms with E-state index in [4.69, 9.17) is 9.47 Å². The smallest absolute Gasteiger partial charge is 0.258 e. The number of fused-ring (bicyclic) bond motifs is 2. The molecule has 1 fully saturated rings. The highest BCUT2D eigenvalue weighted by molar-refractivity contribution is 5.87. The second-order valence-electron chi connectivity index (χ2n) is 10.2. The summed E-state index contributed by atoms with van der Waals surface area (Å²) in [5.41, 5.74) is 0.870. The van der Waals surface area contributed by atoms with Crippen molar-refractivity contribution >= 4 is 23.6 Å². The predicted molar refractivity (Wildman–Crippen MR) is 147 cm³/mol. The molecule has 2 aliphatic rings. The Morgan fingerprint density at radius 1 is 1.00 bits per heavy atom. The number of rotatable bonds is 2. The van der Waals surface area contributed by atoms with E-state index >= 15 is 0 Å². The molecule has 3 N–H and O–H groups in total. The van der Waals surface area contributed by atoms with Crippen molar-refractivity contribution in [3.05, 3.63) is 23.8 Å². The van der Waals surface area contributed by atoms with Crippen molar-refractivity contribution in [3.63, 3.8) is 0 Å². The first-order valence-corrected chi connectivity index (χ1v) is 13.9. The molecule has 4 amide bonds. The number of nitrogens with zero attached hydrogens (tertiary/aromatic N) is 2. The molecule has 11 heteroatoms. The summed E-state index contributed by atoms with van der Waals surface area (Å²) in [4.78, 5) is 54.3. The maximum Gasteiger partial charge on any atom is 0.258 e. The zero-order valence-corrected chi connectivity index (χ0v) is 23.4. The van der Waals surface area contributed by atoms with Gasteiger partial charge in [0, 0.05) is 39.6 Å². The van der Waals surface area contributed by atoms with Crippen LogP contribution in [0.2, 0.25) is 0 Å². The molecule has 11 nitrogen and oxygen atoms in total. The Labute approximate surface area is 230 Å². The van der Waals surface area contributed by atoms with Gasteiger partial charge in [0.25, 0.3) is 5.91 Å². The summed E-state index contributed by atoms with van der Waals surface area (Å²) in [5, 5.41) is 8.93. The molecule has 3 rings (SSSR count). The van der Waals surface area contributed by atoms with Crippen molar-refractivity contribution in [2.45, 2.75) is 64.0 Å². The fourth-order valence-electron chi connectivity index (χ4n) is 4.86. The largest absolute Gasteiger partial charge is 0.493 e. The maximum atomic E-state index is 13.1. The van der Waals surface area contributed by atoms with Gasteiger partial charge in [0.15, 0.2) is 18.1 Å². The third kappa shape index (κ3) is 9.42. The van der Waals surface area contributed by atoms with Crippen LogP contribution >= 0.6 is 0 Å². The van der Waals surface area contributed by atoms with Crippen LogP contribution in [0.4, 0.5) is 0 Å². The zero-order valence-electron chi connectivity index (χ0n) is 23.4. The number of hydrogen-bond acceptors (Lipinski definition) is 7. The van der Waals surface area contributed by atoms with Gasteiger partial charge in [0.2, 0.25) is 17.7 Å². The maximum absolute atomic E-state index is 13.1. The van der Waals surface area contributed by atoms with Crippen LogP contribution in [0.3, 0.4) is 0 Å². The molecule has 2 bridgehead atoms. The lowest BCUT2D eigenvalue weighted by Crippen LogP contribution is -2.47. The lowest BCUT2D eigenvalue weighted by molar-refractivity contribution is -0.135. The highest BCUT2D eigenvalue weighted by atomic mass is 16.5. The Kier molecular flexibility index (Phi) is 11.9. The van der Waals surface area contributed by atoms with Gasteiger partial charge in [0.05, 0.1) is 13.2 Å². The number of ether oxygens (including phenoxy) is 2. The second kappa shape index (κ2) is 15.3. The van der Waals surface area contributed by atoms with Crippen LogP contribution < -0.4 is 25.4 Å². The molecular formula is C28H43N5O6. The van der Waals surface area contributed by atoms with Crippen LogP contribution in [0.15, 0.2) is 18.2 Å². The van der Waals surface area contributed by atoms with Gasteiger partial charge in [0.1, 0.15) is 6.04 Å². The molecule has 0 unspecified atom stereocenters. The summed E-state index contributed by atoms with van der Waals surface area (Å²) >= 11 is 0. The van der Waals surface area contributed by atoms with Crippen molar-refractivity contribution in [2.24, 2.45) is 0 Å². The van der Waals surface area contributed by atoms with Gasteiger partial charge >= 0.3 is 0 Å². The number of amides is 4. The fraction of sp³-hybridized carbons (Fsp3) is 0.643. The molecule has 1 aromatic carbocycles. The summed E-state index contributed by atoms with van der Waals surface area (Å²) in [6, 6.07) is 4.50. The van der Waals surface area contributed by atoms with E-state index in [0.29, 0.717) is 56.9 Å². The van der Waals surface area contributed by atoms with Crippen LogP contribution in [-0.2, 0) is 25.6 Å². The minimum Gasteiger partial charge on any atom is -0.493 e. The van der Waals surface area contributed by atoms with E-state index in [2.05, 4.69) is 16.0 Å². The quantitative estimate of drug-likeness (QED) is 0.503. The van der Waals surface area contributed by atoms with Crippen LogP contribution in [0.25, 0.3) is 0 Å². The normalized spacial score (nSPS) is 23.1. The zero-order chi connectivity index (χ0) is 28.2. The number of hydrogen-bond donors (Lipinski definition) is 3. The molecule has 0 saturated carbocycles. The Morgan fingerprint density at radius 3 is 2.51 bits per heavy atom. The molecule has 2 atom stereocenters. The molecule has 0 radical (unpaired) electrons. The highest BCUT2D eigenvalue weighted by Crippen LogP contribution is 2.28. The van der Waals surface area contributed by atoms with Crippen molar-refractivity contribution in [1.82, 2.24) is 25.8 Å². The van der Waals surface area contributed by atoms with Crippen molar-refractivity contribution in [3.8, 4) is 11.5 Å². The Bertz CT molecular complexity index is 997. The lowest BCUT2D eigenvalue weighted by Gasteiger charge is -2.27. The van der Waals surface area contributed by atoms with Gasteiger partial charge in [-0.15, -0.1) is 0 Å². The average molecular weight is 546 g/mol. The third-order valence-electron chi connectivity index (χ3n) is 7.12. The van der Waals surface area contributed by atoms with Gasteiger partial charge in [-0.05, 0) is 69.7 Å². The number of likely N-dealkylation sites (N-methyl/N-ethyl adjacent to an activating group) is 1. The van der Waals surface area contributed by atoms with E-state index in [-0.39, 0.29) is 30.4 Å². The first-order valence-electron chi connectivity index (χ1n) is 13.9. The molecule has 1 aromatic rings. The molecule has 0 aromatic heterocycles. The number of carbonyl (C=O) groups excluding carboxylic acids is 4.